The van der Waals surface area contributed by atoms with Gasteiger partial charge < -0.3 is 25.4 Å². The maximum Gasteiger partial charge on any atom is 0.268 e. The van der Waals surface area contributed by atoms with Crippen molar-refractivity contribution in [2.45, 2.75) is 38.9 Å². The van der Waals surface area contributed by atoms with E-state index in [2.05, 4.69) is 55.3 Å². The molecular formula is C22H30N8O. The number of carbonyl (C=O) groups is 1. The molecule has 2 unspecified atom stereocenters. The molecule has 9 nitrogen and oxygen atoms in total. The molecule has 31 heavy (non-hydrogen) atoms. The number of aromatic nitrogens is 3. The first kappa shape index (κ1) is 20.0. The first-order valence-electron chi connectivity index (χ1n) is 11.3. The number of nitrogens with one attached hydrogen (secondary N) is 3. The Labute approximate surface area is 182 Å². The van der Waals surface area contributed by atoms with Crippen molar-refractivity contribution in [1.82, 2.24) is 30.1 Å². The number of allylic oxidation sites excluding steroid dienone is 1. The van der Waals surface area contributed by atoms with E-state index in [9.17, 15) is 4.79 Å². The molecule has 0 spiro atoms. The summed E-state index contributed by atoms with van der Waals surface area (Å²) in [4.78, 5) is 28.8. The number of amides is 1. The van der Waals surface area contributed by atoms with Crippen LogP contribution in [-0.4, -0.2) is 70.4 Å². The molecule has 2 aromatic rings. The summed E-state index contributed by atoms with van der Waals surface area (Å²) in [6, 6.07) is 2.08. The number of aliphatic imine (C=N–C) groups is 1. The maximum absolute atomic E-state index is 12.4. The van der Waals surface area contributed by atoms with Crippen molar-refractivity contribution in [3.05, 3.63) is 29.7 Å². The van der Waals surface area contributed by atoms with Crippen molar-refractivity contribution in [1.29, 1.82) is 0 Å². The zero-order chi connectivity index (χ0) is 21.4. The van der Waals surface area contributed by atoms with E-state index in [0.29, 0.717) is 24.1 Å². The third kappa shape index (κ3) is 3.78. The third-order valence-corrected chi connectivity index (χ3v) is 6.63. The number of fused-ring (bicyclic) bond motifs is 3. The van der Waals surface area contributed by atoms with Gasteiger partial charge in [-0.25, -0.2) is 4.98 Å². The SMILES string of the molecule is CCC(C)[C@H]1CNC(=O)c2cc3cnc(NC4CC=C(N5CCNCC5)C=N4)nc3n21. The second-order valence-corrected chi connectivity index (χ2v) is 8.58. The van der Waals surface area contributed by atoms with Gasteiger partial charge in [0.15, 0.2) is 0 Å². The minimum atomic E-state index is -0.0893. The molecule has 164 valence electrons. The van der Waals surface area contributed by atoms with Crippen LogP contribution in [0.5, 0.6) is 0 Å². The number of rotatable bonds is 5. The van der Waals surface area contributed by atoms with E-state index >= 15 is 0 Å². The van der Waals surface area contributed by atoms with Gasteiger partial charge in [-0.15, -0.1) is 0 Å². The lowest BCUT2D eigenvalue weighted by molar-refractivity contribution is 0.0904. The Hall–Kier alpha value is -2.94. The molecule has 5 heterocycles. The van der Waals surface area contributed by atoms with Crippen molar-refractivity contribution in [3.63, 3.8) is 0 Å². The highest BCUT2D eigenvalue weighted by Gasteiger charge is 2.31. The highest BCUT2D eigenvalue weighted by molar-refractivity contribution is 5.98. The molecule has 0 aliphatic carbocycles. The average Bonchev–Trinajstić information content (AvgIpc) is 3.20. The molecule has 0 saturated carbocycles. The number of nitrogens with zero attached hydrogens (tertiary/aromatic N) is 5. The smallest absolute Gasteiger partial charge is 0.268 e. The Morgan fingerprint density at radius 1 is 1.32 bits per heavy atom. The van der Waals surface area contributed by atoms with Crippen LogP contribution in [-0.2, 0) is 0 Å². The molecule has 3 aliphatic rings. The summed E-state index contributed by atoms with van der Waals surface area (Å²) in [6.07, 6.45) is 7.72. The number of hydrogen-bond donors (Lipinski definition) is 3. The Morgan fingerprint density at radius 2 is 2.16 bits per heavy atom. The largest absolute Gasteiger partial charge is 0.368 e. The van der Waals surface area contributed by atoms with E-state index in [1.807, 2.05) is 12.3 Å². The Balaban J connectivity index is 1.37. The standard InChI is InChI=1S/C22H30N8O/c1-3-14(2)18-13-25-21(31)17-10-15-11-26-22(28-20(15)30(17)18)27-19-5-4-16(12-24-19)29-8-6-23-7-9-29/h4,10-12,14,18-19,23H,3,5-9,13H2,1-2H3,(H,25,31)(H,26,27,28)/t14?,18-,19?/m1/s1. The highest BCUT2D eigenvalue weighted by Crippen LogP contribution is 2.31. The van der Waals surface area contributed by atoms with Crippen molar-refractivity contribution >= 4 is 29.1 Å². The summed E-state index contributed by atoms with van der Waals surface area (Å²) in [5, 5.41) is 10.6. The first-order valence-corrected chi connectivity index (χ1v) is 11.3. The van der Waals surface area contributed by atoms with E-state index in [1.54, 1.807) is 6.20 Å². The van der Waals surface area contributed by atoms with Crippen molar-refractivity contribution in [2.75, 3.05) is 38.0 Å². The van der Waals surface area contributed by atoms with Gasteiger partial charge in [-0.1, -0.05) is 26.3 Å². The minimum Gasteiger partial charge on any atom is -0.368 e. The quantitative estimate of drug-likeness (QED) is 0.679. The fourth-order valence-corrected chi connectivity index (χ4v) is 4.59. The van der Waals surface area contributed by atoms with Gasteiger partial charge in [0.2, 0.25) is 5.95 Å². The molecule has 9 heteroatoms. The van der Waals surface area contributed by atoms with Crippen LogP contribution < -0.4 is 16.0 Å². The number of anilines is 1. The molecule has 3 atom stereocenters. The maximum atomic E-state index is 12.4. The van der Waals surface area contributed by atoms with Gasteiger partial charge in [0, 0.05) is 56.9 Å². The van der Waals surface area contributed by atoms with E-state index in [1.165, 1.54) is 5.70 Å². The van der Waals surface area contributed by atoms with Crippen LogP contribution in [0.1, 0.15) is 43.2 Å². The lowest BCUT2D eigenvalue weighted by Gasteiger charge is -2.31. The van der Waals surface area contributed by atoms with Gasteiger partial charge in [0.25, 0.3) is 5.91 Å². The number of hydrogen-bond acceptors (Lipinski definition) is 7. The predicted molar refractivity (Wildman–Crippen MR) is 121 cm³/mol. The van der Waals surface area contributed by atoms with E-state index in [0.717, 1.165) is 50.1 Å². The molecule has 3 N–H and O–H groups in total. The summed E-state index contributed by atoms with van der Waals surface area (Å²) >= 11 is 0. The Bertz CT molecular complexity index is 1040. The van der Waals surface area contributed by atoms with E-state index in [-0.39, 0.29) is 18.1 Å². The minimum absolute atomic E-state index is 0.0467. The predicted octanol–water partition coefficient (Wildman–Crippen LogP) is 1.76. The molecule has 0 bridgehead atoms. The van der Waals surface area contributed by atoms with Crippen LogP contribution in [0.15, 0.2) is 29.0 Å². The summed E-state index contributed by atoms with van der Waals surface area (Å²) in [7, 11) is 0. The normalized spacial score (nSPS) is 24.5. The lowest BCUT2D eigenvalue weighted by Crippen LogP contribution is -2.43. The van der Waals surface area contributed by atoms with Gasteiger partial charge in [-0.2, -0.15) is 4.98 Å². The number of piperazine rings is 1. The van der Waals surface area contributed by atoms with Gasteiger partial charge >= 0.3 is 0 Å². The van der Waals surface area contributed by atoms with E-state index < -0.39 is 0 Å². The van der Waals surface area contributed by atoms with Gasteiger partial charge in [-0.3, -0.25) is 9.79 Å². The fraction of sp³-hybridized carbons (Fsp3) is 0.545. The molecule has 1 saturated heterocycles. The molecule has 5 rings (SSSR count). The van der Waals surface area contributed by atoms with Crippen molar-refractivity contribution < 1.29 is 4.79 Å². The average molecular weight is 423 g/mol. The Morgan fingerprint density at radius 3 is 2.90 bits per heavy atom. The van der Waals surface area contributed by atoms with Gasteiger partial charge in [0.1, 0.15) is 17.5 Å². The van der Waals surface area contributed by atoms with Crippen LogP contribution in [0.2, 0.25) is 0 Å². The van der Waals surface area contributed by atoms with Crippen LogP contribution >= 0.6 is 0 Å². The summed E-state index contributed by atoms with van der Waals surface area (Å²) in [5.41, 5.74) is 2.67. The number of dihydropyridines is 1. The second kappa shape index (κ2) is 8.30. The van der Waals surface area contributed by atoms with Crippen LogP contribution in [0.4, 0.5) is 5.95 Å². The molecule has 0 radical (unpaired) electrons. The summed E-state index contributed by atoms with van der Waals surface area (Å²) in [5.74, 6) is 0.927. The number of carbonyl (C=O) groups excluding carboxylic acids is 1. The highest BCUT2D eigenvalue weighted by atomic mass is 16.2. The van der Waals surface area contributed by atoms with Crippen molar-refractivity contribution in [2.24, 2.45) is 10.9 Å². The fourth-order valence-electron chi connectivity index (χ4n) is 4.59. The molecule has 3 aliphatic heterocycles. The van der Waals surface area contributed by atoms with Gasteiger partial charge in [0.05, 0.1) is 11.7 Å². The van der Waals surface area contributed by atoms with Crippen molar-refractivity contribution in [3.8, 4) is 0 Å². The molecule has 0 aromatic carbocycles. The molecule has 2 aromatic heterocycles. The third-order valence-electron chi connectivity index (χ3n) is 6.63. The van der Waals surface area contributed by atoms with Crippen LogP contribution in [0.3, 0.4) is 0 Å². The zero-order valence-electron chi connectivity index (χ0n) is 18.1. The summed E-state index contributed by atoms with van der Waals surface area (Å²) < 4.78 is 2.10. The van der Waals surface area contributed by atoms with Gasteiger partial charge in [-0.05, 0) is 12.0 Å². The molecular weight excluding hydrogens is 392 g/mol. The van der Waals surface area contributed by atoms with Crippen LogP contribution in [0.25, 0.3) is 11.0 Å². The Kier molecular flexibility index (Phi) is 5.35. The molecule has 1 amide bonds. The zero-order valence-corrected chi connectivity index (χ0v) is 18.1. The lowest BCUT2D eigenvalue weighted by atomic mass is 9.97. The first-order chi connectivity index (χ1) is 15.1. The topological polar surface area (TPSA) is 99.5 Å². The van der Waals surface area contributed by atoms with E-state index in [4.69, 9.17) is 4.98 Å². The van der Waals surface area contributed by atoms with Crippen LogP contribution in [0, 0.1) is 5.92 Å². The molecule has 1 fully saturated rings. The summed E-state index contributed by atoms with van der Waals surface area (Å²) in [6.45, 7) is 9.08. The second-order valence-electron chi connectivity index (χ2n) is 8.58. The monoisotopic (exact) mass is 422 g/mol.